The van der Waals surface area contributed by atoms with E-state index in [1.54, 1.807) is 6.20 Å². The number of ether oxygens (including phenoxy) is 1. The van der Waals surface area contributed by atoms with Crippen LogP contribution in [0.3, 0.4) is 0 Å². The van der Waals surface area contributed by atoms with Gasteiger partial charge in [0.2, 0.25) is 0 Å². The van der Waals surface area contributed by atoms with Gasteiger partial charge in [-0.2, -0.15) is 0 Å². The molecule has 13 heavy (non-hydrogen) atoms. The van der Waals surface area contributed by atoms with Gasteiger partial charge in [-0.3, -0.25) is 4.98 Å². The number of nitrogens with zero attached hydrogens (tertiary/aromatic N) is 1. The number of thiophene rings is 1. The molecule has 2 rings (SSSR count). The van der Waals surface area contributed by atoms with Crippen LogP contribution in [-0.2, 0) is 0 Å². The van der Waals surface area contributed by atoms with Crippen LogP contribution >= 0.6 is 11.3 Å². The highest BCUT2D eigenvalue weighted by Crippen LogP contribution is 2.24. The summed E-state index contributed by atoms with van der Waals surface area (Å²) in [6.45, 7) is 1.92. The van der Waals surface area contributed by atoms with Gasteiger partial charge in [0, 0.05) is 6.20 Å². The first-order valence-corrected chi connectivity index (χ1v) is 4.79. The Balaban J connectivity index is 2.24. The molecule has 1 radical (unpaired) electrons. The molecule has 0 aromatic carbocycles. The quantitative estimate of drug-likeness (QED) is 0.726. The van der Waals surface area contributed by atoms with Crippen LogP contribution in [0.2, 0.25) is 0 Å². The molecule has 0 atom stereocenters. The summed E-state index contributed by atoms with van der Waals surface area (Å²) in [5.41, 5.74) is 0.891. The molecule has 0 fully saturated rings. The average molecular weight is 190 g/mol. The van der Waals surface area contributed by atoms with Crippen molar-refractivity contribution >= 4 is 11.3 Å². The Labute approximate surface area is 80.8 Å². The van der Waals surface area contributed by atoms with Gasteiger partial charge in [0.05, 0.1) is 11.1 Å². The van der Waals surface area contributed by atoms with E-state index in [1.165, 1.54) is 11.3 Å². The minimum absolute atomic E-state index is 0.751. The second-order valence-corrected chi connectivity index (χ2v) is 3.29. The van der Waals surface area contributed by atoms with Crippen molar-refractivity contribution in [1.82, 2.24) is 4.98 Å². The third-order valence-electron chi connectivity index (χ3n) is 1.63. The summed E-state index contributed by atoms with van der Waals surface area (Å²) in [5, 5.41) is 4.94. The molecular formula is C10H8NOS. The van der Waals surface area contributed by atoms with Crippen molar-refractivity contribution in [3.05, 3.63) is 40.8 Å². The number of hydrogen-bond donors (Lipinski definition) is 0. The first-order chi connectivity index (χ1) is 6.36. The molecule has 0 unspecified atom stereocenters. The molecule has 3 heteroatoms. The maximum absolute atomic E-state index is 5.54. The minimum atomic E-state index is 0.751. The van der Waals surface area contributed by atoms with Gasteiger partial charge in [0.15, 0.2) is 0 Å². The summed E-state index contributed by atoms with van der Waals surface area (Å²) in [7, 11) is 0. The lowest BCUT2D eigenvalue weighted by Crippen LogP contribution is -1.87. The van der Waals surface area contributed by atoms with Crippen LogP contribution < -0.4 is 4.74 Å². The lowest BCUT2D eigenvalue weighted by atomic mass is 10.3. The van der Waals surface area contributed by atoms with E-state index in [1.807, 2.05) is 30.5 Å². The Kier molecular flexibility index (Phi) is 2.27. The highest BCUT2D eigenvalue weighted by Gasteiger charge is 2.00. The van der Waals surface area contributed by atoms with Gasteiger partial charge in [-0.25, -0.2) is 0 Å². The van der Waals surface area contributed by atoms with E-state index in [9.17, 15) is 0 Å². The van der Waals surface area contributed by atoms with E-state index in [0.29, 0.717) is 0 Å². The predicted molar refractivity (Wildman–Crippen MR) is 52.2 cm³/mol. The summed E-state index contributed by atoms with van der Waals surface area (Å²) >= 11 is 1.49. The Bertz CT molecular complexity index is 384. The standard InChI is InChI=1S/C10H8NOS/c1-8-10(3-2-5-11-8)12-9-4-6-13-7-9/h2-6H,1H3. The van der Waals surface area contributed by atoms with E-state index in [2.05, 4.69) is 10.4 Å². The molecule has 0 saturated heterocycles. The van der Waals surface area contributed by atoms with E-state index in [4.69, 9.17) is 4.74 Å². The summed E-state index contributed by atoms with van der Waals surface area (Å²) < 4.78 is 5.54. The largest absolute Gasteiger partial charge is 0.454 e. The molecule has 0 amide bonds. The summed E-state index contributed by atoms with van der Waals surface area (Å²) in [5.74, 6) is 1.54. The number of aryl methyl sites for hydroxylation is 1. The molecule has 0 N–H and O–H groups in total. The van der Waals surface area contributed by atoms with Gasteiger partial charge in [-0.1, -0.05) is 0 Å². The monoisotopic (exact) mass is 190 g/mol. The second-order valence-electron chi connectivity index (χ2n) is 2.58. The molecule has 0 aliphatic carbocycles. The Morgan fingerprint density at radius 2 is 2.38 bits per heavy atom. The number of aromatic nitrogens is 1. The van der Waals surface area contributed by atoms with Crippen molar-refractivity contribution in [3.8, 4) is 11.5 Å². The molecule has 2 heterocycles. The zero-order valence-electron chi connectivity index (χ0n) is 7.15. The van der Waals surface area contributed by atoms with Crippen molar-refractivity contribution in [2.45, 2.75) is 6.92 Å². The van der Waals surface area contributed by atoms with Crippen molar-refractivity contribution in [2.75, 3.05) is 0 Å². The molecule has 65 valence electrons. The number of rotatable bonds is 2. The Morgan fingerprint density at radius 1 is 1.46 bits per heavy atom. The van der Waals surface area contributed by atoms with E-state index >= 15 is 0 Å². The molecule has 2 aromatic heterocycles. The molecule has 0 saturated carbocycles. The van der Waals surface area contributed by atoms with E-state index < -0.39 is 0 Å². The second kappa shape index (κ2) is 3.58. The van der Waals surface area contributed by atoms with Gasteiger partial charge in [0.25, 0.3) is 0 Å². The van der Waals surface area contributed by atoms with Crippen molar-refractivity contribution in [1.29, 1.82) is 0 Å². The van der Waals surface area contributed by atoms with Crippen molar-refractivity contribution < 1.29 is 4.74 Å². The van der Waals surface area contributed by atoms with Crippen LogP contribution in [0.4, 0.5) is 0 Å². The van der Waals surface area contributed by atoms with Crippen LogP contribution in [0.15, 0.2) is 29.8 Å². The SMILES string of the molecule is Cc1ncccc1Oc1[c]scc1. The van der Waals surface area contributed by atoms with Crippen LogP contribution in [0.25, 0.3) is 0 Å². The fourth-order valence-corrected chi connectivity index (χ4v) is 1.46. The number of hydrogen-bond acceptors (Lipinski definition) is 3. The maximum atomic E-state index is 5.54. The molecule has 0 spiro atoms. The van der Waals surface area contributed by atoms with Gasteiger partial charge in [0.1, 0.15) is 11.5 Å². The molecule has 2 nitrogen and oxygen atoms in total. The van der Waals surface area contributed by atoms with Crippen LogP contribution in [0.1, 0.15) is 5.69 Å². The lowest BCUT2D eigenvalue weighted by molar-refractivity contribution is 0.477. The molecule has 2 aromatic rings. The Hall–Kier alpha value is -1.35. The lowest BCUT2D eigenvalue weighted by Gasteiger charge is -2.04. The van der Waals surface area contributed by atoms with E-state index in [-0.39, 0.29) is 0 Å². The fourth-order valence-electron chi connectivity index (χ4n) is 0.973. The Morgan fingerprint density at radius 3 is 3.08 bits per heavy atom. The summed E-state index contributed by atoms with van der Waals surface area (Å²) in [6, 6.07) is 5.64. The van der Waals surface area contributed by atoms with Gasteiger partial charge in [-0.15, -0.1) is 11.3 Å². The highest BCUT2D eigenvalue weighted by molar-refractivity contribution is 7.07. The molecular weight excluding hydrogens is 182 g/mol. The smallest absolute Gasteiger partial charge is 0.148 e. The molecule has 0 aliphatic rings. The fraction of sp³-hybridized carbons (Fsp3) is 0.100. The first kappa shape index (κ1) is 8.26. The van der Waals surface area contributed by atoms with Crippen LogP contribution in [0, 0.1) is 12.3 Å². The summed E-state index contributed by atoms with van der Waals surface area (Å²) in [6.07, 6.45) is 1.75. The molecule has 0 bridgehead atoms. The minimum Gasteiger partial charge on any atom is -0.454 e. The highest BCUT2D eigenvalue weighted by atomic mass is 32.1. The maximum Gasteiger partial charge on any atom is 0.148 e. The van der Waals surface area contributed by atoms with Crippen molar-refractivity contribution in [2.24, 2.45) is 0 Å². The van der Waals surface area contributed by atoms with Crippen LogP contribution in [0.5, 0.6) is 11.5 Å². The van der Waals surface area contributed by atoms with Gasteiger partial charge in [-0.05, 0) is 30.5 Å². The van der Waals surface area contributed by atoms with Crippen molar-refractivity contribution in [3.63, 3.8) is 0 Å². The van der Waals surface area contributed by atoms with Gasteiger partial charge >= 0.3 is 0 Å². The molecule has 0 aliphatic heterocycles. The average Bonchev–Trinajstić information content (AvgIpc) is 2.61. The predicted octanol–water partition coefficient (Wildman–Crippen LogP) is 3.04. The van der Waals surface area contributed by atoms with Crippen LogP contribution in [-0.4, -0.2) is 4.98 Å². The third-order valence-corrected chi connectivity index (χ3v) is 2.22. The number of pyridine rings is 1. The zero-order chi connectivity index (χ0) is 9.10. The van der Waals surface area contributed by atoms with Gasteiger partial charge < -0.3 is 4.74 Å². The third kappa shape index (κ3) is 1.87. The first-order valence-electron chi connectivity index (χ1n) is 3.91. The topological polar surface area (TPSA) is 22.1 Å². The van der Waals surface area contributed by atoms with E-state index in [0.717, 1.165) is 17.2 Å². The normalized spacial score (nSPS) is 9.92. The summed E-state index contributed by atoms with van der Waals surface area (Å²) in [4.78, 5) is 4.12. The zero-order valence-corrected chi connectivity index (χ0v) is 7.97.